The number of esters is 2. The molecule has 0 bridgehead atoms. The summed E-state index contributed by atoms with van der Waals surface area (Å²) in [4.78, 5) is 34.8. The van der Waals surface area contributed by atoms with E-state index in [1.807, 2.05) is 12.2 Å². The number of hydrogen-bond donors (Lipinski definition) is 1. The van der Waals surface area contributed by atoms with Crippen molar-refractivity contribution < 1.29 is 37.6 Å². The lowest BCUT2D eigenvalue weighted by Crippen LogP contribution is -2.29. The molecule has 58 heavy (non-hydrogen) atoms. The Morgan fingerprint density at radius 1 is 0.483 bits per heavy atom. The Morgan fingerprint density at radius 3 is 1.40 bits per heavy atom. The van der Waals surface area contributed by atoms with Gasteiger partial charge in [0.15, 0.2) is 6.10 Å². The number of phosphoric acid groups is 1. The molecule has 0 aromatic rings. The first kappa shape index (κ1) is 54.7. The summed E-state index contributed by atoms with van der Waals surface area (Å²) in [5, 5.41) is 0. The molecule has 0 saturated carbocycles. The number of carbonyl (C=O) groups excluding carboxylic acids is 2. The van der Waals surface area contributed by atoms with Crippen molar-refractivity contribution >= 4 is 19.8 Å². The monoisotopic (exact) mass is 827 g/mol. The van der Waals surface area contributed by atoms with E-state index in [0.717, 1.165) is 89.9 Å². The van der Waals surface area contributed by atoms with E-state index in [0.29, 0.717) is 12.8 Å². The summed E-state index contributed by atoms with van der Waals surface area (Å²) in [6.45, 7) is 5.21. The molecule has 0 aliphatic rings. The number of rotatable bonds is 39. The second kappa shape index (κ2) is 43.3. The summed E-state index contributed by atoms with van der Waals surface area (Å²) in [6, 6.07) is 0. The molecule has 0 aliphatic heterocycles. The van der Waals surface area contributed by atoms with Gasteiger partial charge in [0, 0.05) is 12.8 Å². The predicted molar refractivity (Wildman–Crippen MR) is 243 cm³/mol. The lowest BCUT2D eigenvalue weighted by atomic mass is 10.1. The van der Waals surface area contributed by atoms with Gasteiger partial charge in [-0.15, -0.1) is 0 Å². The summed E-state index contributed by atoms with van der Waals surface area (Å²) < 4.78 is 32.6. The van der Waals surface area contributed by atoms with Crippen molar-refractivity contribution in [2.24, 2.45) is 0 Å². The molecule has 0 aliphatic carbocycles. The van der Waals surface area contributed by atoms with Crippen LogP contribution in [-0.4, -0.2) is 42.8 Å². The molecule has 328 valence electrons. The van der Waals surface area contributed by atoms with Crippen molar-refractivity contribution in [1.82, 2.24) is 0 Å². The zero-order valence-electron chi connectivity index (χ0n) is 36.4. The van der Waals surface area contributed by atoms with E-state index in [9.17, 15) is 19.0 Å². The van der Waals surface area contributed by atoms with Crippen molar-refractivity contribution in [3.63, 3.8) is 0 Å². The van der Waals surface area contributed by atoms with E-state index in [1.54, 1.807) is 6.92 Å². The fraction of sp³-hybridized carbons (Fsp3) is 0.592. The summed E-state index contributed by atoms with van der Waals surface area (Å²) >= 11 is 0. The van der Waals surface area contributed by atoms with Gasteiger partial charge in [-0.1, -0.05) is 162 Å². The number of unbranched alkanes of at least 4 members (excludes halogenated alkanes) is 9. The van der Waals surface area contributed by atoms with E-state index < -0.39 is 32.5 Å². The van der Waals surface area contributed by atoms with E-state index in [1.165, 1.54) is 25.7 Å². The van der Waals surface area contributed by atoms with Crippen molar-refractivity contribution in [2.45, 2.75) is 168 Å². The Hall–Kier alpha value is -3.29. The second-order valence-corrected chi connectivity index (χ2v) is 15.4. The quantitative estimate of drug-likeness (QED) is 0.0282. The molecule has 0 spiro atoms. The molecule has 9 heteroatoms. The van der Waals surface area contributed by atoms with Gasteiger partial charge in [0.1, 0.15) is 6.61 Å². The van der Waals surface area contributed by atoms with Crippen LogP contribution >= 0.6 is 7.82 Å². The van der Waals surface area contributed by atoms with Crippen LogP contribution in [0.1, 0.15) is 162 Å². The molecule has 2 unspecified atom stereocenters. The lowest BCUT2D eigenvalue weighted by Gasteiger charge is -2.19. The van der Waals surface area contributed by atoms with Gasteiger partial charge in [-0.2, -0.15) is 0 Å². The average Bonchev–Trinajstić information content (AvgIpc) is 3.20. The summed E-state index contributed by atoms with van der Waals surface area (Å²) in [5.41, 5.74) is 0. The predicted octanol–water partition coefficient (Wildman–Crippen LogP) is 14.2. The van der Waals surface area contributed by atoms with Crippen LogP contribution in [0.5, 0.6) is 0 Å². The van der Waals surface area contributed by atoms with Gasteiger partial charge >= 0.3 is 19.8 Å². The maximum absolute atomic E-state index is 12.5. The van der Waals surface area contributed by atoms with E-state index >= 15 is 0 Å². The first-order chi connectivity index (χ1) is 28.3. The third-order valence-corrected chi connectivity index (χ3v) is 9.64. The maximum Gasteiger partial charge on any atom is 0.472 e. The van der Waals surface area contributed by atoms with Crippen LogP contribution in [-0.2, 0) is 32.7 Å². The van der Waals surface area contributed by atoms with Gasteiger partial charge in [0.25, 0.3) is 0 Å². The van der Waals surface area contributed by atoms with E-state index in [-0.39, 0.29) is 26.1 Å². The van der Waals surface area contributed by atoms with Crippen LogP contribution in [0.25, 0.3) is 0 Å². The fourth-order valence-electron chi connectivity index (χ4n) is 5.37. The van der Waals surface area contributed by atoms with Gasteiger partial charge in [-0.3, -0.25) is 18.6 Å². The topological polar surface area (TPSA) is 108 Å². The molecular formula is C49H79O8P. The molecule has 0 aromatic heterocycles. The summed E-state index contributed by atoms with van der Waals surface area (Å²) in [6.07, 6.45) is 58.7. The standard InChI is InChI=1S/C49H79O8P/c1-4-7-9-11-13-15-17-19-21-23-25-27-29-31-33-35-37-39-41-43-48(50)54-45-47(46-56-58(52,53)55-6-3)57-49(51)44-42-40-38-36-34-32-30-28-26-24-22-20-18-16-14-12-10-8-5-2/h8,10,13-16,19-22,25-28,32,34,38,40,47H,4-7,9,11-12,17-18,23-24,29-31,33,35-37,39,41-46H2,1-3H3,(H,52,53)/b10-8-,15-13-,16-14-,21-19-,22-20-,27-25-,28-26-,34-32-,40-38-. The van der Waals surface area contributed by atoms with Crippen LogP contribution < -0.4 is 0 Å². The number of carbonyl (C=O) groups is 2. The minimum Gasteiger partial charge on any atom is -0.462 e. The first-order valence-electron chi connectivity index (χ1n) is 22.2. The SMILES string of the molecule is CC/C=C\C/C=C\C/C=C\C/C=C\C/C=C\C/C=C\CCC(=O)OC(COC(=O)CCCCCCCC/C=C\C/C=C\C/C=C\CCCCC)COP(=O)(O)OCC. The summed E-state index contributed by atoms with van der Waals surface area (Å²) in [5.74, 6) is -0.921. The largest absolute Gasteiger partial charge is 0.472 e. The van der Waals surface area contributed by atoms with Crippen molar-refractivity contribution in [1.29, 1.82) is 0 Å². The van der Waals surface area contributed by atoms with Gasteiger partial charge in [-0.25, -0.2) is 4.57 Å². The van der Waals surface area contributed by atoms with Crippen LogP contribution in [0.15, 0.2) is 109 Å². The number of ether oxygens (including phenoxy) is 2. The highest BCUT2D eigenvalue weighted by atomic mass is 31.2. The van der Waals surface area contributed by atoms with Crippen molar-refractivity contribution in [3.05, 3.63) is 109 Å². The Morgan fingerprint density at radius 2 is 0.914 bits per heavy atom. The molecule has 0 heterocycles. The molecule has 0 saturated heterocycles. The average molecular weight is 827 g/mol. The third-order valence-electron chi connectivity index (χ3n) is 8.58. The van der Waals surface area contributed by atoms with Crippen LogP contribution in [0.4, 0.5) is 0 Å². The molecule has 2 atom stereocenters. The van der Waals surface area contributed by atoms with Crippen molar-refractivity contribution in [3.8, 4) is 0 Å². The molecule has 0 fully saturated rings. The number of phosphoric ester groups is 1. The lowest BCUT2D eigenvalue weighted by molar-refractivity contribution is -0.161. The maximum atomic E-state index is 12.5. The summed E-state index contributed by atoms with van der Waals surface area (Å²) in [7, 11) is -4.31. The zero-order chi connectivity index (χ0) is 42.5. The van der Waals surface area contributed by atoms with Gasteiger partial charge in [0.05, 0.1) is 13.2 Å². The molecule has 1 N–H and O–H groups in total. The Kier molecular flexibility index (Phi) is 40.8. The third kappa shape index (κ3) is 42.3. The molecule has 0 radical (unpaired) electrons. The Bertz CT molecular complexity index is 1300. The van der Waals surface area contributed by atoms with E-state index in [2.05, 4.69) is 111 Å². The first-order valence-corrected chi connectivity index (χ1v) is 23.7. The Labute approximate surface area is 353 Å². The van der Waals surface area contributed by atoms with Gasteiger partial charge in [0.2, 0.25) is 0 Å². The molecule has 0 amide bonds. The van der Waals surface area contributed by atoms with Gasteiger partial charge in [-0.05, 0) is 96.8 Å². The number of hydrogen-bond acceptors (Lipinski definition) is 7. The van der Waals surface area contributed by atoms with Crippen LogP contribution in [0.3, 0.4) is 0 Å². The van der Waals surface area contributed by atoms with E-state index in [4.69, 9.17) is 18.5 Å². The molecular weight excluding hydrogens is 748 g/mol. The van der Waals surface area contributed by atoms with Gasteiger partial charge < -0.3 is 14.4 Å². The normalized spacial score (nSPS) is 14.3. The highest BCUT2D eigenvalue weighted by molar-refractivity contribution is 7.47. The molecule has 0 aromatic carbocycles. The van der Waals surface area contributed by atoms with Crippen molar-refractivity contribution in [2.75, 3.05) is 19.8 Å². The zero-order valence-corrected chi connectivity index (χ0v) is 37.3. The highest BCUT2D eigenvalue weighted by Crippen LogP contribution is 2.43. The number of allylic oxidation sites excluding steroid dienone is 18. The van der Waals surface area contributed by atoms with Crippen LogP contribution in [0, 0.1) is 0 Å². The minimum absolute atomic E-state index is 0.0220. The highest BCUT2D eigenvalue weighted by Gasteiger charge is 2.25. The smallest absolute Gasteiger partial charge is 0.462 e. The molecule has 8 nitrogen and oxygen atoms in total. The van der Waals surface area contributed by atoms with Crippen LogP contribution in [0.2, 0.25) is 0 Å². The second-order valence-electron chi connectivity index (χ2n) is 14.0. The minimum atomic E-state index is -4.31. The fourth-order valence-corrected chi connectivity index (χ4v) is 6.12. The molecule has 0 rings (SSSR count). The Balaban J connectivity index is 4.25.